The van der Waals surface area contributed by atoms with E-state index in [1.54, 1.807) is 31.2 Å². The molecule has 0 saturated carbocycles. The van der Waals surface area contributed by atoms with Crippen LogP contribution >= 0.6 is 0 Å². The van der Waals surface area contributed by atoms with Gasteiger partial charge in [-0.05, 0) is 30.7 Å². The number of ether oxygens (including phenoxy) is 1. The molecule has 2 aromatic rings. The monoisotopic (exact) mass is 280 g/mol. The zero-order valence-electron chi connectivity index (χ0n) is 11.7. The minimum atomic E-state index is -0.617. The third-order valence-electron chi connectivity index (χ3n) is 2.59. The Morgan fingerprint density at radius 1 is 1.05 bits per heavy atom. The first kappa shape index (κ1) is 14.5. The molecule has 106 valence electrons. The number of benzene rings is 2. The van der Waals surface area contributed by atoms with E-state index in [4.69, 9.17) is 4.74 Å². The Morgan fingerprint density at radius 3 is 2.33 bits per heavy atom. The highest BCUT2D eigenvalue weighted by Gasteiger charge is 2.01. The van der Waals surface area contributed by atoms with E-state index < -0.39 is 6.09 Å². The van der Waals surface area contributed by atoms with E-state index in [0.717, 1.165) is 5.56 Å². The number of carbonyl (C=O) groups excluding carboxylic acids is 1. The Labute approximate surface area is 123 Å². The predicted octanol–water partition coefficient (Wildman–Crippen LogP) is 3.86. The van der Waals surface area contributed by atoms with Crippen LogP contribution in [-0.4, -0.2) is 11.8 Å². The maximum absolute atomic E-state index is 11.5. The third kappa shape index (κ3) is 5.32. The summed E-state index contributed by atoms with van der Waals surface area (Å²) >= 11 is 0. The van der Waals surface area contributed by atoms with Crippen molar-refractivity contribution >= 4 is 17.9 Å². The molecule has 0 atom stereocenters. The summed E-state index contributed by atoms with van der Waals surface area (Å²) in [5, 5.41) is 3.94. The van der Waals surface area contributed by atoms with Gasteiger partial charge in [-0.1, -0.05) is 54.6 Å². The van der Waals surface area contributed by atoms with Crippen molar-refractivity contribution in [2.75, 3.05) is 0 Å². The molecule has 1 N–H and O–H groups in total. The fourth-order valence-electron chi connectivity index (χ4n) is 1.57. The van der Waals surface area contributed by atoms with Gasteiger partial charge in [0.15, 0.2) is 0 Å². The van der Waals surface area contributed by atoms with Gasteiger partial charge in [0.25, 0.3) is 0 Å². The summed E-state index contributed by atoms with van der Waals surface area (Å²) in [5.41, 5.74) is 4.08. The predicted molar refractivity (Wildman–Crippen MR) is 84.2 cm³/mol. The van der Waals surface area contributed by atoms with E-state index >= 15 is 0 Å². The first-order chi connectivity index (χ1) is 10.2. The van der Waals surface area contributed by atoms with Crippen molar-refractivity contribution < 1.29 is 9.53 Å². The molecule has 0 radical (unpaired) electrons. The average Bonchev–Trinajstić information content (AvgIpc) is 2.53. The van der Waals surface area contributed by atoms with Crippen LogP contribution in [0.3, 0.4) is 0 Å². The Bertz CT molecular complexity index is 634. The number of hydrogen-bond acceptors (Lipinski definition) is 3. The van der Waals surface area contributed by atoms with Crippen molar-refractivity contribution in [2.24, 2.45) is 5.10 Å². The molecule has 0 aromatic heterocycles. The van der Waals surface area contributed by atoms with Crippen LogP contribution in [0.5, 0.6) is 5.75 Å². The van der Waals surface area contributed by atoms with Crippen LogP contribution in [-0.2, 0) is 0 Å². The molecule has 0 heterocycles. The highest BCUT2D eigenvalue weighted by atomic mass is 16.6. The van der Waals surface area contributed by atoms with Gasteiger partial charge in [-0.25, -0.2) is 10.2 Å². The zero-order chi connectivity index (χ0) is 14.9. The molecule has 0 aliphatic carbocycles. The summed E-state index contributed by atoms with van der Waals surface area (Å²) in [7, 11) is 0. The molecule has 0 aliphatic heterocycles. The molecule has 0 bridgehead atoms. The van der Waals surface area contributed by atoms with Crippen LogP contribution in [0.4, 0.5) is 4.79 Å². The molecule has 1 amide bonds. The second-order valence-electron chi connectivity index (χ2n) is 4.31. The second-order valence-corrected chi connectivity index (χ2v) is 4.31. The van der Waals surface area contributed by atoms with E-state index in [2.05, 4.69) is 10.5 Å². The van der Waals surface area contributed by atoms with Crippen molar-refractivity contribution in [1.82, 2.24) is 5.43 Å². The summed E-state index contributed by atoms with van der Waals surface area (Å²) in [6, 6.07) is 18.7. The molecule has 21 heavy (non-hydrogen) atoms. The van der Waals surface area contributed by atoms with Crippen LogP contribution in [0.25, 0.3) is 6.08 Å². The molecule has 0 spiro atoms. The normalized spacial score (nSPS) is 11.4. The van der Waals surface area contributed by atoms with Gasteiger partial charge in [0, 0.05) is 0 Å². The van der Waals surface area contributed by atoms with E-state index in [9.17, 15) is 4.79 Å². The lowest BCUT2D eigenvalue weighted by Crippen LogP contribution is -2.22. The second kappa shape index (κ2) is 7.65. The maximum atomic E-state index is 11.5. The molecule has 2 rings (SSSR count). The van der Waals surface area contributed by atoms with Crippen molar-refractivity contribution in [3.63, 3.8) is 0 Å². The number of nitrogens with zero attached hydrogens (tertiary/aromatic N) is 1. The molecule has 4 nitrogen and oxygen atoms in total. The summed E-state index contributed by atoms with van der Waals surface area (Å²) in [6.07, 6.45) is 3.12. The highest BCUT2D eigenvalue weighted by molar-refractivity contribution is 5.96. The van der Waals surface area contributed by atoms with E-state index in [1.165, 1.54) is 0 Å². The van der Waals surface area contributed by atoms with Gasteiger partial charge in [0.05, 0.1) is 5.71 Å². The topological polar surface area (TPSA) is 50.7 Å². The van der Waals surface area contributed by atoms with Gasteiger partial charge in [-0.2, -0.15) is 5.10 Å². The van der Waals surface area contributed by atoms with E-state index in [1.807, 2.05) is 48.6 Å². The molecule has 0 fully saturated rings. The van der Waals surface area contributed by atoms with Crippen LogP contribution in [0.2, 0.25) is 0 Å². The number of rotatable bonds is 4. The lowest BCUT2D eigenvalue weighted by atomic mass is 10.2. The number of nitrogens with one attached hydrogen (secondary N) is 1. The highest BCUT2D eigenvalue weighted by Crippen LogP contribution is 2.08. The molecule has 0 unspecified atom stereocenters. The van der Waals surface area contributed by atoms with Gasteiger partial charge >= 0.3 is 6.09 Å². The Hall–Kier alpha value is -2.88. The van der Waals surface area contributed by atoms with Gasteiger partial charge in [-0.15, -0.1) is 0 Å². The Morgan fingerprint density at radius 2 is 1.67 bits per heavy atom. The van der Waals surface area contributed by atoms with Gasteiger partial charge in [0.1, 0.15) is 5.75 Å². The zero-order valence-corrected chi connectivity index (χ0v) is 11.7. The number of para-hydroxylation sites is 1. The fourth-order valence-corrected chi connectivity index (χ4v) is 1.57. The summed E-state index contributed by atoms with van der Waals surface area (Å²) in [5.74, 6) is 0.475. The van der Waals surface area contributed by atoms with Crippen LogP contribution in [0.15, 0.2) is 71.8 Å². The Kier molecular flexibility index (Phi) is 5.29. The van der Waals surface area contributed by atoms with Crippen molar-refractivity contribution in [3.8, 4) is 5.75 Å². The number of allylic oxidation sites excluding steroid dienone is 1. The number of hydrogen-bond donors (Lipinski definition) is 1. The first-order valence-corrected chi connectivity index (χ1v) is 6.54. The van der Waals surface area contributed by atoms with Gasteiger partial charge < -0.3 is 4.74 Å². The molecule has 2 aromatic carbocycles. The largest absolute Gasteiger partial charge is 0.433 e. The number of hydrazone groups is 1. The van der Waals surface area contributed by atoms with Gasteiger partial charge in [0.2, 0.25) is 0 Å². The standard InChI is InChI=1S/C17H16N2O2/c1-14(12-13-15-8-4-2-5-9-15)18-19-17(20)21-16-10-6-3-7-11-16/h2-13H,1H3,(H,19,20)/b13-12+,18-14+. The van der Waals surface area contributed by atoms with Crippen molar-refractivity contribution in [3.05, 3.63) is 72.3 Å². The van der Waals surface area contributed by atoms with E-state index in [0.29, 0.717) is 11.5 Å². The van der Waals surface area contributed by atoms with Crippen LogP contribution in [0.1, 0.15) is 12.5 Å². The van der Waals surface area contributed by atoms with Crippen LogP contribution in [0, 0.1) is 0 Å². The van der Waals surface area contributed by atoms with Gasteiger partial charge in [-0.3, -0.25) is 0 Å². The third-order valence-corrected chi connectivity index (χ3v) is 2.59. The fraction of sp³-hybridized carbons (Fsp3) is 0.0588. The molecule has 4 heteroatoms. The minimum Gasteiger partial charge on any atom is -0.409 e. The molecule has 0 aliphatic rings. The van der Waals surface area contributed by atoms with Crippen molar-refractivity contribution in [1.29, 1.82) is 0 Å². The quantitative estimate of drug-likeness (QED) is 0.683. The minimum absolute atomic E-state index is 0.475. The maximum Gasteiger partial charge on any atom is 0.433 e. The number of carbonyl (C=O) groups is 1. The lowest BCUT2D eigenvalue weighted by molar-refractivity contribution is 0.201. The summed E-state index contributed by atoms with van der Waals surface area (Å²) < 4.78 is 5.05. The average molecular weight is 280 g/mol. The lowest BCUT2D eigenvalue weighted by Gasteiger charge is -2.02. The summed E-state index contributed by atoms with van der Waals surface area (Å²) in [4.78, 5) is 11.5. The molecular formula is C17H16N2O2. The summed E-state index contributed by atoms with van der Waals surface area (Å²) in [6.45, 7) is 1.79. The first-order valence-electron chi connectivity index (χ1n) is 6.54. The molecule has 0 saturated heterocycles. The number of amides is 1. The SMILES string of the molecule is CC(/C=C/c1ccccc1)=N\NC(=O)Oc1ccccc1. The Balaban J connectivity index is 1.85. The smallest absolute Gasteiger partial charge is 0.409 e. The van der Waals surface area contributed by atoms with E-state index in [-0.39, 0.29) is 0 Å². The van der Waals surface area contributed by atoms with Crippen LogP contribution < -0.4 is 10.2 Å². The molecular weight excluding hydrogens is 264 g/mol. The van der Waals surface area contributed by atoms with Crippen molar-refractivity contribution in [2.45, 2.75) is 6.92 Å².